The van der Waals surface area contributed by atoms with E-state index in [1.807, 2.05) is 60.7 Å². The third-order valence-corrected chi connectivity index (χ3v) is 5.75. The Bertz CT molecular complexity index is 770. The van der Waals surface area contributed by atoms with Crippen molar-refractivity contribution in [3.05, 3.63) is 66.2 Å². The Balaban J connectivity index is 1.99. The zero-order valence-corrected chi connectivity index (χ0v) is 17.3. The van der Waals surface area contributed by atoms with E-state index in [2.05, 4.69) is 12.2 Å². The highest BCUT2D eigenvalue weighted by Gasteiger charge is 2.38. The number of para-hydroxylation sites is 1. The summed E-state index contributed by atoms with van der Waals surface area (Å²) in [5.74, 6) is 0.0368. The SMILES string of the molecule is CCCCNC(=O)C(C1CCCCC1)N(C(=O)c1ccccc1)c1ccccc1. The van der Waals surface area contributed by atoms with Gasteiger partial charge in [-0.25, -0.2) is 0 Å². The summed E-state index contributed by atoms with van der Waals surface area (Å²) in [6, 6.07) is 18.4. The second-order valence-corrected chi connectivity index (χ2v) is 7.86. The summed E-state index contributed by atoms with van der Waals surface area (Å²) in [7, 11) is 0. The van der Waals surface area contributed by atoms with E-state index in [1.54, 1.807) is 4.90 Å². The molecule has 1 N–H and O–H groups in total. The third kappa shape index (κ3) is 5.47. The summed E-state index contributed by atoms with van der Waals surface area (Å²) in [6.45, 7) is 2.76. The maximum atomic E-state index is 13.6. The van der Waals surface area contributed by atoms with Crippen molar-refractivity contribution in [2.45, 2.75) is 57.9 Å². The van der Waals surface area contributed by atoms with Crippen LogP contribution in [0.3, 0.4) is 0 Å². The summed E-state index contributed by atoms with van der Waals surface area (Å²) in [5.41, 5.74) is 1.39. The Morgan fingerprint density at radius 3 is 2.21 bits per heavy atom. The van der Waals surface area contributed by atoms with Crippen LogP contribution in [0, 0.1) is 5.92 Å². The predicted molar refractivity (Wildman–Crippen MR) is 118 cm³/mol. The predicted octanol–water partition coefficient (Wildman–Crippen LogP) is 5.20. The number of amides is 2. The van der Waals surface area contributed by atoms with Crippen LogP contribution >= 0.6 is 0 Å². The number of benzene rings is 2. The van der Waals surface area contributed by atoms with Crippen LogP contribution in [0.4, 0.5) is 5.69 Å². The molecule has 1 fully saturated rings. The van der Waals surface area contributed by atoms with E-state index in [9.17, 15) is 9.59 Å². The van der Waals surface area contributed by atoms with Gasteiger partial charge < -0.3 is 5.32 Å². The summed E-state index contributed by atoms with van der Waals surface area (Å²) in [4.78, 5) is 28.7. The Morgan fingerprint density at radius 1 is 0.966 bits per heavy atom. The quantitative estimate of drug-likeness (QED) is 0.628. The molecule has 2 aromatic rings. The molecule has 4 heteroatoms. The monoisotopic (exact) mass is 392 g/mol. The smallest absolute Gasteiger partial charge is 0.259 e. The maximum absolute atomic E-state index is 13.6. The molecule has 4 nitrogen and oxygen atoms in total. The number of nitrogens with one attached hydrogen (secondary N) is 1. The first kappa shape index (κ1) is 21.1. The Hall–Kier alpha value is -2.62. The lowest BCUT2D eigenvalue weighted by atomic mass is 9.82. The van der Waals surface area contributed by atoms with E-state index in [4.69, 9.17) is 0 Å². The minimum atomic E-state index is -0.484. The summed E-state index contributed by atoms with van der Waals surface area (Å²) in [6.07, 6.45) is 7.38. The molecule has 0 aromatic heterocycles. The number of nitrogens with zero attached hydrogens (tertiary/aromatic N) is 1. The van der Waals surface area contributed by atoms with Crippen molar-refractivity contribution in [3.63, 3.8) is 0 Å². The highest BCUT2D eigenvalue weighted by molar-refractivity contribution is 6.10. The Labute approximate surface area is 174 Å². The lowest BCUT2D eigenvalue weighted by Crippen LogP contribution is -2.54. The molecule has 0 aliphatic heterocycles. The van der Waals surface area contributed by atoms with E-state index >= 15 is 0 Å². The molecule has 1 atom stereocenters. The Kier molecular flexibility index (Phi) is 7.85. The molecule has 1 aliphatic carbocycles. The molecule has 29 heavy (non-hydrogen) atoms. The highest BCUT2D eigenvalue weighted by atomic mass is 16.2. The number of hydrogen-bond acceptors (Lipinski definition) is 2. The van der Waals surface area contributed by atoms with Crippen LogP contribution in [0.5, 0.6) is 0 Å². The summed E-state index contributed by atoms with van der Waals surface area (Å²) >= 11 is 0. The molecule has 1 aliphatic rings. The standard InChI is InChI=1S/C25H32N2O2/c1-2-3-19-26-24(28)23(20-13-7-4-8-14-20)27(22-17-11-6-12-18-22)25(29)21-15-9-5-10-16-21/h5-6,9-12,15-18,20,23H,2-4,7-8,13-14,19H2,1H3,(H,26,28). The molecular weight excluding hydrogens is 360 g/mol. The first-order valence-electron chi connectivity index (χ1n) is 10.9. The van der Waals surface area contributed by atoms with Gasteiger partial charge in [-0.2, -0.15) is 0 Å². The van der Waals surface area contributed by atoms with E-state index in [0.717, 1.165) is 44.2 Å². The van der Waals surface area contributed by atoms with Gasteiger partial charge in [-0.15, -0.1) is 0 Å². The summed E-state index contributed by atoms with van der Waals surface area (Å²) in [5, 5.41) is 3.10. The van der Waals surface area contributed by atoms with Crippen LogP contribution in [0.2, 0.25) is 0 Å². The summed E-state index contributed by atoms with van der Waals surface area (Å²) < 4.78 is 0. The van der Waals surface area contributed by atoms with Crippen LogP contribution in [-0.4, -0.2) is 24.4 Å². The molecule has 1 saturated carbocycles. The minimum Gasteiger partial charge on any atom is -0.354 e. The van der Waals surface area contributed by atoms with E-state index in [1.165, 1.54) is 6.42 Å². The molecule has 2 amide bonds. The lowest BCUT2D eigenvalue weighted by Gasteiger charge is -2.38. The fourth-order valence-electron chi connectivity index (χ4n) is 4.20. The first-order valence-corrected chi connectivity index (χ1v) is 10.9. The van der Waals surface area contributed by atoms with Gasteiger partial charge in [0, 0.05) is 17.8 Å². The van der Waals surface area contributed by atoms with Crippen LogP contribution in [-0.2, 0) is 4.79 Å². The molecule has 0 heterocycles. The van der Waals surface area contributed by atoms with E-state index in [0.29, 0.717) is 12.1 Å². The number of carbonyl (C=O) groups excluding carboxylic acids is 2. The number of hydrogen-bond donors (Lipinski definition) is 1. The van der Waals surface area contributed by atoms with Gasteiger partial charge in [-0.1, -0.05) is 69.0 Å². The van der Waals surface area contributed by atoms with Crippen molar-refractivity contribution in [2.24, 2.45) is 5.92 Å². The zero-order valence-electron chi connectivity index (χ0n) is 17.3. The van der Waals surface area contributed by atoms with Gasteiger partial charge in [-0.3, -0.25) is 14.5 Å². The molecule has 0 spiro atoms. The fourth-order valence-corrected chi connectivity index (χ4v) is 4.20. The zero-order chi connectivity index (χ0) is 20.5. The molecule has 154 valence electrons. The van der Waals surface area contributed by atoms with Crippen molar-refractivity contribution < 1.29 is 9.59 Å². The average molecular weight is 393 g/mol. The molecule has 1 unspecified atom stereocenters. The van der Waals surface area contributed by atoms with Crippen molar-refractivity contribution in [2.75, 3.05) is 11.4 Å². The van der Waals surface area contributed by atoms with Crippen LogP contribution < -0.4 is 10.2 Å². The van der Waals surface area contributed by atoms with Crippen molar-refractivity contribution in [3.8, 4) is 0 Å². The van der Waals surface area contributed by atoms with E-state index in [-0.39, 0.29) is 17.7 Å². The van der Waals surface area contributed by atoms with Crippen LogP contribution in [0.15, 0.2) is 60.7 Å². The molecule has 0 bridgehead atoms. The highest BCUT2D eigenvalue weighted by Crippen LogP contribution is 2.32. The molecule has 2 aromatic carbocycles. The lowest BCUT2D eigenvalue weighted by molar-refractivity contribution is -0.123. The second kappa shape index (κ2) is 10.8. The van der Waals surface area contributed by atoms with Crippen LogP contribution in [0.1, 0.15) is 62.2 Å². The van der Waals surface area contributed by atoms with Gasteiger partial charge in [0.15, 0.2) is 0 Å². The van der Waals surface area contributed by atoms with Crippen molar-refractivity contribution in [1.82, 2.24) is 5.32 Å². The number of rotatable bonds is 8. The van der Waals surface area contributed by atoms with E-state index < -0.39 is 6.04 Å². The van der Waals surface area contributed by atoms with Crippen LogP contribution in [0.25, 0.3) is 0 Å². The number of anilines is 1. The molecule has 0 radical (unpaired) electrons. The number of unbranched alkanes of at least 4 members (excludes halogenated alkanes) is 1. The maximum Gasteiger partial charge on any atom is 0.259 e. The van der Waals surface area contributed by atoms with Gasteiger partial charge in [-0.05, 0) is 49.4 Å². The Morgan fingerprint density at radius 2 is 1.59 bits per heavy atom. The normalized spacial score (nSPS) is 15.5. The molecular formula is C25H32N2O2. The third-order valence-electron chi connectivity index (χ3n) is 5.75. The average Bonchev–Trinajstić information content (AvgIpc) is 2.79. The molecule has 3 rings (SSSR count). The van der Waals surface area contributed by atoms with Gasteiger partial charge in [0.05, 0.1) is 0 Å². The van der Waals surface area contributed by atoms with Crippen molar-refractivity contribution >= 4 is 17.5 Å². The first-order chi connectivity index (χ1) is 14.2. The molecule has 0 saturated heterocycles. The second-order valence-electron chi connectivity index (χ2n) is 7.86. The fraction of sp³-hybridized carbons (Fsp3) is 0.440. The van der Waals surface area contributed by atoms with Crippen molar-refractivity contribution in [1.29, 1.82) is 0 Å². The van der Waals surface area contributed by atoms with Gasteiger partial charge in [0.25, 0.3) is 5.91 Å². The van der Waals surface area contributed by atoms with Gasteiger partial charge in [0.2, 0.25) is 5.91 Å². The number of carbonyl (C=O) groups is 2. The topological polar surface area (TPSA) is 49.4 Å². The minimum absolute atomic E-state index is 0.0292. The van der Waals surface area contributed by atoms with Gasteiger partial charge in [0.1, 0.15) is 6.04 Å². The van der Waals surface area contributed by atoms with Gasteiger partial charge >= 0.3 is 0 Å². The largest absolute Gasteiger partial charge is 0.354 e.